The second-order valence-corrected chi connectivity index (χ2v) is 5.18. The Morgan fingerprint density at radius 2 is 1.89 bits per heavy atom. The normalized spacial score (nSPS) is 11.0. The lowest BCUT2D eigenvalue weighted by molar-refractivity contribution is -0.115. The molecule has 0 aliphatic carbocycles. The first-order valence-electron chi connectivity index (χ1n) is 6.15. The van der Waals surface area contributed by atoms with Gasteiger partial charge in [0.15, 0.2) is 0 Å². The summed E-state index contributed by atoms with van der Waals surface area (Å²) in [4.78, 5) is 15.1. The summed E-state index contributed by atoms with van der Waals surface area (Å²) in [6, 6.07) is 14.1. The Hall–Kier alpha value is -1.81. The van der Waals surface area contributed by atoms with Gasteiger partial charge >= 0.3 is 0 Å². The van der Waals surface area contributed by atoms with E-state index in [9.17, 15) is 4.79 Å². The molecule has 2 N–H and O–H groups in total. The average molecular weight is 317 g/mol. The smallest absolute Gasteiger partial charge is 0.225 e. The van der Waals surface area contributed by atoms with Gasteiger partial charge in [-0.05, 0) is 12.1 Å². The van der Waals surface area contributed by atoms with Crippen LogP contribution >= 0.6 is 15.9 Å². The maximum absolute atomic E-state index is 11.7. The van der Waals surface area contributed by atoms with Crippen molar-refractivity contribution in [2.75, 3.05) is 10.6 Å². The van der Waals surface area contributed by atoms with Crippen molar-refractivity contribution < 1.29 is 4.79 Å². The standard InChI is InChI=1S/C15H13BrN2O/c16-9-8-14(19)17-13-7-3-5-11-10-4-1-2-6-12(10)18-15(11)13/h1-7,18H,8-9H2,(H,17,19). The van der Waals surface area contributed by atoms with E-state index in [2.05, 4.69) is 38.4 Å². The summed E-state index contributed by atoms with van der Waals surface area (Å²) in [5.74, 6) is 0.0167. The number of fused-ring (bicyclic) bond motifs is 3. The molecule has 0 aliphatic rings. The van der Waals surface area contributed by atoms with E-state index in [4.69, 9.17) is 0 Å². The highest BCUT2D eigenvalue weighted by molar-refractivity contribution is 9.09. The van der Waals surface area contributed by atoms with Crippen molar-refractivity contribution in [3.05, 3.63) is 42.5 Å². The summed E-state index contributed by atoms with van der Waals surface area (Å²) in [7, 11) is 0. The van der Waals surface area contributed by atoms with Gasteiger partial charge in [0.25, 0.3) is 0 Å². The number of para-hydroxylation sites is 2. The summed E-state index contributed by atoms with van der Waals surface area (Å²) in [5, 5.41) is 5.92. The summed E-state index contributed by atoms with van der Waals surface area (Å²) in [6.07, 6.45) is 0.469. The highest BCUT2D eigenvalue weighted by Gasteiger charge is 2.09. The fraction of sp³-hybridized carbons (Fsp3) is 0.133. The molecule has 3 nitrogen and oxygen atoms in total. The number of alkyl halides is 1. The molecular weight excluding hydrogens is 304 g/mol. The van der Waals surface area contributed by atoms with Gasteiger partial charge in [0, 0.05) is 28.0 Å². The monoisotopic (exact) mass is 316 g/mol. The molecule has 1 heterocycles. The largest absolute Gasteiger partial charge is 0.353 e. The molecule has 19 heavy (non-hydrogen) atoms. The number of H-pyrrole nitrogens is 1. The van der Waals surface area contributed by atoms with Crippen molar-refractivity contribution in [1.29, 1.82) is 0 Å². The van der Waals surface area contributed by atoms with E-state index < -0.39 is 0 Å². The molecule has 4 heteroatoms. The van der Waals surface area contributed by atoms with Crippen molar-refractivity contribution in [2.45, 2.75) is 6.42 Å². The lowest BCUT2D eigenvalue weighted by Crippen LogP contribution is -2.11. The van der Waals surface area contributed by atoms with Crippen LogP contribution in [0.1, 0.15) is 6.42 Å². The zero-order valence-electron chi connectivity index (χ0n) is 10.2. The highest BCUT2D eigenvalue weighted by Crippen LogP contribution is 2.30. The van der Waals surface area contributed by atoms with Crippen LogP contribution in [0.25, 0.3) is 21.8 Å². The number of carbonyl (C=O) groups is 1. The Morgan fingerprint density at radius 1 is 1.11 bits per heavy atom. The first-order chi connectivity index (χ1) is 9.29. The van der Waals surface area contributed by atoms with Gasteiger partial charge in [0.2, 0.25) is 5.91 Å². The molecule has 1 amide bonds. The summed E-state index contributed by atoms with van der Waals surface area (Å²) in [6.45, 7) is 0. The quantitative estimate of drug-likeness (QED) is 0.704. The Balaban J connectivity index is 2.12. The third kappa shape index (κ3) is 2.24. The minimum absolute atomic E-state index is 0.0167. The number of nitrogens with one attached hydrogen (secondary N) is 2. The molecule has 2 aromatic carbocycles. The highest BCUT2D eigenvalue weighted by atomic mass is 79.9. The number of benzene rings is 2. The molecule has 96 valence electrons. The number of halogens is 1. The van der Waals surface area contributed by atoms with Gasteiger partial charge in [-0.2, -0.15) is 0 Å². The molecule has 0 saturated heterocycles. The van der Waals surface area contributed by atoms with Crippen LogP contribution in [-0.4, -0.2) is 16.2 Å². The molecule has 1 aromatic heterocycles. The fourth-order valence-corrected chi connectivity index (χ4v) is 2.64. The molecule has 0 saturated carbocycles. The van der Waals surface area contributed by atoms with Gasteiger partial charge < -0.3 is 10.3 Å². The minimum Gasteiger partial charge on any atom is -0.353 e. The van der Waals surface area contributed by atoms with Crippen molar-refractivity contribution in [3.8, 4) is 0 Å². The van der Waals surface area contributed by atoms with Crippen molar-refractivity contribution in [3.63, 3.8) is 0 Å². The molecule has 0 spiro atoms. The molecule has 0 atom stereocenters. The van der Waals surface area contributed by atoms with Crippen LogP contribution in [0.15, 0.2) is 42.5 Å². The molecule has 3 rings (SSSR count). The van der Waals surface area contributed by atoms with Crippen LogP contribution in [0, 0.1) is 0 Å². The number of hydrogen-bond donors (Lipinski definition) is 2. The number of amides is 1. The van der Waals surface area contributed by atoms with E-state index in [1.165, 1.54) is 5.39 Å². The SMILES string of the molecule is O=C(CCBr)Nc1cccc2c1[nH]c1ccccc12. The number of anilines is 1. The Bertz CT molecular complexity index is 748. The van der Waals surface area contributed by atoms with Crippen molar-refractivity contribution >= 4 is 49.3 Å². The molecule has 0 fully saturated rings. The van der Waals surface area contributed by atoms with Gasteiger partial charge in [-0.15, -0.1) is 0 Å². The second-order valence-electron chi connectivity index (χ2n) is 4.39. The predicted molar refractivity (Wildman–Crippen MR) is 82.8 cm³/mol. The second kappa shape index (κ2) is 5.05. The summed E-state index contributed by atoms with van der Waals surface area (Å²) >= 11 is 3.27. The molecule has 0 bridgehead atoms. The average Bonchev–Trinajstić information content (AvgIpc) is 2.79. The van der Waals surface area contributed by atoms with Crippen LogP contribution in [0.4, 0.5) is 5.69 Å². The van der Waals surface area contributed by atoms with E-state index >= 15 is 0 Å². The number of rotatable bonds is 3. The van der Waals surface area contributed by atoms with E-state index in [0.717, 1.165) is 22.1 Å². The first-order valence-corrected chi connectivity index (χ1v) is 7.27. The minimum atomic E-state index is 0.0167. The molecular formula is C15H13BrN2O. The third-order valence-corrected chi connectivity index (χ3v) is 3.53. The van der Waals surface area contributed by atoms with Crippen LogP contribution in [0.5, 0.6) is 0 Å². The number of aromatic amines is 1. The van der Waals surface area contributed by atoms with E-state index in [-0.39, 0.29) is 5.91 Å². The molecule has 0 radical (unpaired) electrons. The topological polar surface area (TPSA) is 44.9 Å². The summed E-state index contributed by atoms with van der Waals surface area (Å²) < 4.78 is 0. The van der Waals surface area contributed by atoms with Gasteiger partial charge in [-0.1, -0.05) is 46.3 Å². The lowest BCUT2D eigenvalue weighted by atomic mass is 10.1. The lowest BCUT2D eigenvalue weighted by Gasteiger charge is -2.05. The van der Waals surface area contributed by atoms with Gasteiger partial charge in [-0.3, -0.25) is 4.79 Å². The van der Waals surface area contributed by atoms with Crippen LogP contribution < -0.4 is 5.32 Å². The van der Waals surface area contributed by atoms with Crippen molar-refractivity contribution in [1.82, 2.24) is 4.98 Å². The summed E-state index contributed by atoms with van der Waals surface area (Å²) in [5.41, 5.74) is 2.89. The maximum atomic E-state index is 11.7. The zero-order chi connectivity index (χ0) is 13.2. The van der Waals surface area contributed by atoms with Crippen LogP contribution in [0.3, 0.4) is 0 Å². The van der Waals surface area contributed by atoms with E-state index in [0.29, 0.717) is 11.8 Å². The third-order valence-electron chi connectivity index (χ3n) is 3.14. The van der Waals surface area contributed by atoms with Gasteiger partial charge in [0.05, 0.1) is 11.2 Å². The van der Waals surface area contributed by atoms with Gasteiger partial charge in [0.1, 0.15) is 0 Å². The van der Waals surface area contributed by atoms with E-state index in [1.54, 1.807) is 0 Å². The Kier molecular flexibility index (Phi) is 3.25. The number of carbonyl (C=O) groups excluding carboxylic acids is 1. The number of hydrogen-bond acceptors (Lipinski definition) is 1. The van der Waals surface area contributed by atoms with Gasteiger partial charge in [-0.25, -0.2) is 0 Å². The van der Waals surface area contributed by atoms with Crippen LogP contribution in [0.2, 0.25) is 0 Å². The maximum Gasteiger partial charge on any atom is 0.225 e. The van der Waals surface area contributed by atoms with Crippen LogP contribution in [-0.2, 0) is 4.79 Å². The molecule has 3 aromatic rings. The van der Waals surface area contributed by atoms with Crippen molar-refractivity contribution in [2.24, 2.45) is 0 Å². The predicted octanol–water partition coefficient (Wildman–Crippen LogP) is 4.04. The Labute approximate surface area is 119 Å². The first kappa shape index (κ1) is 12.2. The zero-order valence-corrected chi connectivity index (χ0v) is 11.8. The number of aromatic nitrogens is 1. The Morgan fingerprint density at radius 3 is 2.74 bits per heavy atom. The fourth-order valence-electron chi connectivity index (χ4n) is 2.28. The molecule has 0 unspecified atom stereocenters. The van der Waals surface area contributed by atoms with E-state index in [1.807, 2.05) is 30.3 Å². The molecule has 0 aliphatic heterocycles.